The van der Waals surface area contributed by atoms with Gasteiger partial charge < -0.3 is 5.32 Å². The number of hydrogen-bond acceptors (Lipinski definition) is 2. The van der Waals surface area contributed by atoms with Gasteiger partial charge in [-0.25, -0.2) is 4.39 Å². The van der Waals surface area contributed by atoms with Gasteiger partial charge in [-0.15, -0.1) is 0 Å². The van der Waals surface area contributed by atoms with Gasteiger partial charge in [-0.05, 0) is 44.2 Å². The Morgan fingerprint density at radius 2 is 1.95 bits per heavy atom. The average Bonchev–Trinajstić information content (AvgIpc) is 2.41. The first-order valence-corrected chi connectivity index (χ1v) is 7.20. The SMILES string of the molecule is Cc1c(F)cccc1C(=O)C1CC2CCCC(C1)N2. The van der Waals surface area contributed by atoms with E-state index in [2.05, 4.69) is 5.32 Å². The third-order valence-electron chi connectivity index (χ3n) is 4.62. The first-order valence-electron chi connectivity index (χ1n) is 7.20. The fraction of sp³-hybridized carbons (Fsp3) is 0.562. The number of benzene rings is 1. The summed E-state index contributed by atoms with van der Waals surface area (Å²) >= 11 is 0. The number of Topliss-reactive ketones (excluding diaryl/α,β-unsaturated/α-hetero) is 1. The summed E-state index contributed by atoms with van der Waals surface area (Å²) < 4.78 is 13.6. The minimum atomic E-state index is -0.278. The maximum Gasteiger partial charge on any atom is 0.166 e. The Kier molecular flexibility index (Phi) is 3.40. The lowest BCUT2D eigenvalue weighted by Crippen LogP contribution is -2.50. The molecular formula is C16H20FNO. The predicted molar refractivity (Wildman–Crippen MR) is 72.8 cm³/mol. The van der Waals surface area contributed by atoms with Crippen LogP contribution in [0.5, 0.6) is 0 Å². The maximum atomic E-state index is 13.6. The summed E-state index contributed by atoms with van der Waals surface area (Å²) in [6.07, 6.45) is 5.42. The Balaban J connectivity index is 1.82. The van der Waals surface area contributed by atoms with Crippen molar-refractivity contribution >= 4 is 5.78 Å². The normalized spacial score (nSPS) is 30.1. The van der Waals surface area contributed by atoms with E-state index in [4.69, 9.17) is 0 Å². The third kappa shape index (κ3) is 2.44. The van der Waals surface area contributed by atoms with Crippen molar-refractivity contribution in [2.24, 2.45) is 5.92 Å². The molecule has 2 saturated heterocycles. The molecule has 2 fully saturated rings. The molecule has 2 nitrogen and oxygen atoms in total. The van der Waals surface area contributed by atoms with Crippen molar-refractivity contribution in [2.45, 2.75) is 51.1 Å². The number of piperidine rings is 2. The van der Waals surface area contributed by atoms with E-state index in [1.807, 2.05) is 0 Å². The van der Waals surface area contributed by atoms with Gasteiger partial charge in [-0.1, -0.05) is 18.6 Å². The molecule has 0 radical (unpaired) electrons. The molecule has 19 heavy (non-hydrogen) atoms. The second-order valence-electron chi connectivity index (χ2n) is 5.94. The summed E-state index contributed by atoms with van der Waals surface area (Å²) in [4.78, 5) is 12.6. The molecule has 1 N–H and O–H groups in total. The molecule has 0 amide bonds. The lowest BCUT2D eigenvalue weighted by atomic mass is 9.77. The molecule has 3 heteroatoms. The van der Waals surface area contributed by atoms with Crippen LogP contribution in [0.4, 0.5) is 4.39 Å². The molecule has 1 aromatic rings. The molecular weight excluding hydrogens is 241 g/mol. The zero-order valence-corrected chi connectivity index (χ0v) is 11.3. The Hall–Kier alpha value is -1.22. The van der Waals surface area contributed by atoms with Crippen LogP contribution in [0.3, 0.4) is 0 Å². The van der Waals surface area contributed by atoms with E-state index in [-0.39, 0.29) is 17.5 Å². The van der Waals surface area contributed by atoms with Crippen LogP contribution in [0.2, 0.25) is 0 Å². The smallest absolute Gasteiger partial charge is 0.166 e. The van der Waals surface area contributed by atoms with Gasteiger partial charge >= 0.3 is 0 Å². The minimum Gasteiger partial charge on any atom is -0.311 e. The molecule has 0 aliphatic carbocycles. The third-order valence-corrected chi connectivity index (χ3v) is 4.62. The second kappa shape index (κ2) is 5.04. The number of halogens is 1. The summed E-state index contributed by atoms with van der Waals surface area (Å²) in [7, 11) is 0. The van der Waals surface area contributed by atoms with Gasteiger partial charge in [0, 0.05) is 23.6 Å². The molecule has 102 valence electrons. The maximum absolute atomic E-state index is 13.6. The van der Waals surface area contributed by atoms with Crippen molar-refractivity contribution in [2.75, 3.05) is 0 Å². The highest BCUT2D eigenvalue weighted by atomic mass is 19.1. The highest BCUT2D eigenvalue weighted by Gasteiger charge is 2.35. The highest BCUT2D eigenvalue weighted by molar-refractivity contribution is 5.99. The summed E-state index contributed by atoms with van der Waals surface area (Å²) in [6.45, 7) is 1.70. The topological polar surface area (TPSA) is 29.1 Å². The van der Waals surface area contributed by atoms with Crippen LogP contribution < -0.4 is 5.32 Å². The quantitative estimate of drug-likeness (QED) is 0.828. The van der Waals surface area contributed by atoms with Crippen LogP contribution in [0.15, 0.2) is 18.2 Å². The number of hydrogen-bond donors (Lipinski definition) is 1. The van der Waals surface area contributed by atoms with Gasteiger partial charge in [0.2, 0.25) is 0 Å². The van der Waals surface area contributed by atoms with E-state index in [0.717, 1.165) is 12.8 Å². The fourth-order valence-electron chi connectivity index (χ4n) is 3.57. The van der Waals surface area contributed by atoms with Crippen LogP contribution >= 0.6 is 0 Å². The number of ketones is 1. The number of carbonyl (C=O) groups excluding carboxylic acids is 1. The van der Waals surface area contributed by atoms with Crippen LogP contribution in [0, 0.1) is 18.7 Å². The first-order chi connectivity index (χ1) is 9.15. The van der Waals surface area contributed by atoms with Crippen molar-refractivity contribution in [3.8, 4) is 0 Å². The van der Waals surface area contributed by atoms with Crippen LogP contribution in [0.1, 0.15) is 48.0 Å². The van der Waals surface area contributed by atoms with Gasteiger partial charge in [0.05, 0.1) is 0 Å². The Morgan fingerprint density at radius 1 is 1.26 bits per heavy atom. The first kappa shape index (κ1) is 12.8. The van der Waals surface area contributed by atoms with Gasteiger partial charge in [0.1, 0.15) is 5.82 Å². The number of rotatable bonds is 2. The number of carbonyl (C=O) groups is 1. The van der Waals surface area contributed by atoms with Crippen LogP contribution in [-0.2, 0) is 0 Å². The molecule has 2 aliphatic rings. The van der Waals surface area contributed by atoms with Crippen molar-refractivity contribution in [1.29, 1.82) is 0 Å². The van der Waals surface area contributed by atoms with Crippen molar-refractivity contribution < 1.29 is 9.18 Å². The summed E-state index contributed by atoms with van der Waals surface area (Å²) in [6, 6.07) is 5.78. The molecule has 2 bridgehead atoms. The number of fused-ring (bicyclic) bond motifs is 2. The van der Waals surface area contributed by atoms with E-state index in [1.165, 1.54) is 25.3 Å². The summed E-state index contributed by atoms with van der Waals surface area (Å²) in [5, 5.41) is 3.59. The lowest BCUT2D eigenvalue weighted by Gasteiger charge is -2.39. The molecule has 0 spiro atoms. The highest BCUT2D eigenvalue weighted by Crippen LogP contribution is 2.32. The monoisotopic (exact) mass is 261 g/mol. The van der Waals surface area contributed by atoms with Crippen molar-refractivity contribution in [3.63, 3.8) is 0 Å². The molecule has 2 atom stereocenters. The molecule has 3 rings (SSSR count). The van der Waals surface area contributed by atoms with E-state index in [1.54, 1.807) is 19.1 Å². The molecule has 2 aliphatic heterocycles. The largest absolute Gasteiger partial charge is 0.311 e. The van der Waals surface area contributed by atoms with Gasteiger partial charge in [-0.2, -0.15) is 0 Å². The summed E-state index contributed by atoms with van der Waals surface area (Å²) in [5.41, 5.74) is 1.07. The second-order valence-corrected chi connectivity index (χ2v) is 5.94. The fourth-order valence-corrected chi connectivity index (χ4v) is 3.57. The standard InChI is InChI=1S/C16H20FNO/c1-10-14(6-3-7-15(10)17)16(19)11-8-12-4-2-5-13(9-11)18-12/h3,6-7,11-13,18H,2,4-5,8-9H2,1H3. The minimum absolute atomic E-state index is 0.0667. The number of nitrogens with one attached hydrogen (secondary N) is 1. The van der Waals surface area contributed by atoms with E-state index in [9.17, 15) is 9.18 Å². The Morgan fingerprint density at radius 3 is 2.63 bits per heavy atom. The van der Waals surface area contributed by atoms with Crippen LogP contribution in [-0.4, -0.2) is 17.9 Å². The van der Waals surface area contributed by atoms with Crippen LogP contribution in [0.25, 0.3) is 0 Å². The molecule has 0 saturated carbocycles. The zero-order valence-electron chi connectivity index (χ0n) is 11.3. The van der Waals surface area contributed by atoms with Gasteiger partial charge in [-0.3, -0.25) is 4.79 Å². The Labute approximate surface area is 113 Å². The molecule has 0 aromatic heterocycles. The van der Waals surface area contributed by atoms with Crippen molar-refractivity contribution in [3.05, 3.63) is 35.1 Å². The molecule has 2 unspecified atom stereocenters. The van der Waals surface area contributed by atoms with Crippen molar-refractivity contribution in [1.82, 2.24) is 5.32 Å². The zero-order chi connectivity index (χ0) is 13.4. The van der Waals surface area contributed by atoms with E-state index < -0.39 is 0 Å². The molecule has 2 heterocycles. The van der Waals surface area contributed by atoms with Gasteiger partial charge in [0.25, 0.3) is 0 Å². The van der Waals surface area contributed by atoms with Gasteiger partial charge in [0.15, 0.2) is 5.78 Å². The lowest BCUT2D eigenvalue weighted by molar-refractivity contribution is 0.0824. The molecule has 1 aromatic carbocycles. The van der Waals surface area contributed by atoms with E-state index in [0.29, 0.717) is 23.2 Å². The Bertz CT molecular complexity index is 488. The predicted octanol–water partition coefficient (Wildman–Crippen LogP) is 3.24. The van der Waals surface area contributed by atoms with E-state index >= 15 is 0 Å². The average molecular weight is 261 g/mol. The summed E-state index contributed by atoms with van der Waals surface area (Å²) in [5.74, 6) is -0.0765.